The second-order valence-electron chi connectivity index (χ2n) is 11.0. The van der Waals surface area contributed by atoms with Gasteiger partial charge in [0.1, 0.15) is 11.6 Å². The van der Waals surface area contributed by atoms with Crippen molar-refractivity contribution in [1.29, 1.82) is 0 Å². The van der Waals surface area contributed by atoms with Crippen LogP contribution in [0.15, 0.2) is 102 Å². The van der Waals surface area contributed by atoms with E-state index in [1.165, 1.54) is 22.5 Å². The minimum absolute atomic E-state index is 0.136. The number of nitrogens with one attached hydrogen (secondary N) is 1. The van der Waals surface area contributed by atoms with Crippen molar-refractivity contribution in [3.63, 3.8) is 0 Å². The molecular formula is C34H34ClF2N3O3S. The first-order valence-corrected chi connectivity index (χ1v) is 16.3. The average Bonchev–Trinajstić information content (AvgIpc) is 3.02. The van der Waals surface area contributed by atoms with Crippen LogP contribution in [0.4, 0.5) is 8.78 Å². The van der Waals surface area contributed by atoms with Gasteiger partial charge in [-0.15, -0.1) is 0 Å². The van der Waals surface area contributed by atoms with E-state index in [0.29, 0.717) is 53.3 Å². The van der Waals surface area contributed by atoms with E-state index in [4.69, 9.17) is 17.3 Å². The molecule has 0 spiro atoms. The summed E-state index contributed by atoms with van der Waals surface area (Å²) in [6.45, 7) is 1.24. The van der Waals surface area contributed by atoms with Gasteiger partial charge in [-0.05, 0) is 77.6 Å². The molecule has 3 atom stereocenters. The first kappa shape index (κ1) is 31.9. The second kappa shape index (κ2) is 14.1. The number of hydrogen-bond acceptors (Lipinski definition) is 5. The number of ketones is 1. The van der Waals surface area contributed by atoms with Crippen LogP contribution in [0.2, 0.25) is 5.02 Å². The molecule has 1 heterocycles. The molecule has 10 heteroatoms. The van der Waals surface area contributed by atoms with Crippen LogP contribution in [-0.4, -0.2) is 50.2 Å². The molecule has 1 aliphatic rings. The van der Waals surface area contributed by atoms with Crippen LogP contribution in [0, 0.1) is 11.6 Å². The van der Waals surface area contributed by atoms with Crippen molar-refractivity contribution in [3.8, 4) is 0 Å². The van der Waals surface area contributed by atoms with Gasteiger partial charge >= 0.3 is 0 Å². The molecule has 44 heavy (non-hydrogen) atoms. The Hall–Kier alpha value is -3.47. The summed E-state index contributed by atoms with van der Waals surface area (Å²) in [5.74, 6) is -1.91. The van der Waals surface area contributed by atoms with Crippen LogP contribution >= 0.6 is 11.6 Å². The Kier molecular flexibility index (Phi) is 10.2. The molecule has 0 saturated carbocycles. The fraction of sp³-hybridized carbons (Fsp3) is 0.265. The minimum Gasteiger partial charge on any atom is -0.321 e. The van der Waals surface area contributed by atoms with E-state index in [1.54, 1.807) is 78.9 Å². The Labute approximate surface area is 261 Å². The summed E-state index contributed by atoms with van der Waals surface area (Å²) in [4.78, 5) is 13.9. The molecule has 5 rings (SSSR count). The Morgan fingerprint density at radius 2 is 1.68 bits per heavy atom. The molecule has 1 aliphatic heterocycles. The molecule has 4 aromatic rings. The monoisotopic (exact) mass is 637 g/mol. The zero-order valence-corrected chi connectivity index (χ0v) is 25.6. The molecule has 1 fully saturated rings. The smallest absolute Gasteiger partial charge is 0.243 e. The number of hydrogen-bond donors (Lipinski definition) is 2. The van der Waals surface area contributed by atoms with Crippen molar-refractivity contribution >= 4 is 27.4 Å². The molecule has 0 radical (unpaired) electrons. The normalized spacial score (nSPS) is 17.2. The molecule has 0 aromatic heterocycles. The van der Waals surface area contributed by atoms with Crippen LogP contribution in [0.1, 0.15) is 34.6 Å². The molecule has 3 N–H and O–H groups in total. The largest absolute Gasteiger partial charge is 0.321 e. The Morgan fingerprint density at radius 1 is 0.955 bits per heavy atom. The first-order chi connectivity index (χ1) is 21.1. The summed E-state index contributed by atoms with van der Waals surface area (Å²) in [6.07, 6.45) is 0.439. The summed E-state index contributed by atoms with van der Waals surface area (Å²) in [6, 6.07) is 24.2. The lowest BCUT2D eigenvalue weighted by molar-refractivity contribution is -0.119. The van der Waals surface area contributed by atoms with Gasteiger partial charge in [0, 0.05) is 43.0 Å². The van der Waals surface area contributed by atoms with Gasteiger partial charge in [-0.1, -0.05) is 66.2 Å². The van der Waals surface area contributed by atoms with E-state index < -0.39 is 39.7 Å². The lowest BCUT2D eigenvalue weighted by Crippen LogP contribution is -2.53. The average molecular weight is 638 g/mol. The molecule has 0 bridgehead atoms. The number of nitrogens with zero attached hydrogens (tertiary/aromatic N) is 1. The molecule has 0 unspecified atom stereocenters. The maximum absolute atomic E-state index is 15.3. The van der Waals surface area contributed by atoms with E-state index in [0.717, 1.165) is 0 Å². The summed E-state index contributed by atoms with van der Waals surface area (Å²) >= 11 is 6.09. The van der Waals surface area contributed by atoms with Crippen LogP contribution in [-0.2, 0) is 27.7 Å². The van der Waals surface area contributed by atoms with Gasteiger partial charge in [0.2, 0.25) is 10.0 Å². The van der Waals surface area contributed by atoms with Gasteiger partial charge in [-0.3, -0.25) is 4.79 Å². The lowest BCUT2D eigenvalue weighted by Gasteiger charge is -2.35. The van der Waals surface area contributed by atoms with Crippen molar-refractivity contribution in [1.82, 2.24) is 9.62 Å². The van der Waals surface area contributed by atoms with Crippen molar-refractivity contribution in [3.05, 3.63) is 136 Å². The number of piperazine rings is 1. The number of rotatable bonds is 11. The topological polar surface area (TPSA) is 92.5 Å². The molecular weight excluding hydrogens is 604 g/mol. The maximum Gasteiger partial charge on any atom is 0.243 e. The third-order valence-electron chi connectivity index (χ3n) is 8.12. The quantitative estimate of drug-likeness (QED) is 0.227. The highest BCUT2D eigenvalue weighted by Gasteiger charge is 2.34. The van der Waals surface area contributed by atoms with Gasteiger partial charge in [0.15, 0.2) is 5.78 Å². The van der Waals surface area contributed by atoms with E-state index in [1.807, 2.05) is 0 Å². The number of carbonyl (C=O) groups excluding carboxylic acids is 1. The zero-order chi connectivity index (χ0) is 31.3. The van der Waals surface area contributed by atoms with E-state index in [2.05, 4.69) is 5.32 Å². The predicted octanol–water partition coefficient (Wildman–Crippen LogP) is 5.48. The Balaban J connectivity index is 1.37. The summed E-state index contributed by atoms with van der Waals surface area (Å²) < 4.78 is 57.8. The van der Waals surface area contributed by atoms with Crippen molar-refractivity contribution < 1.29 is 22.0 Å². The number of carbonyl (C=O) groups is 1. The number of nitrogens with two attached hydrogens (primary N) is 1. The maximum atomic E-state index is 15.3. The van der Waals surface area contributed by atoms with Crippen LogP contribution in [0.5, 0.6) is 0 Å². The highest BCUT2D eigenvalue weighted by atomic mass is 35.5. The minimum atomic E-state index is -3.74. The molecule has 4 aromatic carbocycles. The first-order valence-electron chi connectivity index (χ1n) is 14.5. The second-order valence-corrected chi connectivity index (χ2v) is 13.3. The van der Waals surface area contributed by atoms with E-state index in [-0.39, 0.29) is 23.5 Å². The predicted molar refractivity (Wildman–Crippen MR) is 168 cm³/mol. The van der Waals surface area contributed by atoms with Gasteiger partial charge in [0.25, 0.3) is 0 Å². The third-order valence-corrected chi connectivity index (χ3v) is 10.3. The summed E-state index contributed by atoms with van der Waals surface area (Å²) in [5, 5.41) is 3.76. The lowest BCUT2D eigenvalue weighted by atomic mass is 9.82. The summed E-state index contributed by atoms with van der Waals surface area (Å²) in [5.41, 5.74) is 8.66. The Bertz CT molecular complexity index is 1700. The van der Waals surface area contributed by atoms with Crippen LogP contribution < -0.4 is 11.1 Å². The molecule has 0 aliphatic carbocycles. The molecule has 0 amide bonds. The van der Waals surface area contributed by atoms with Crippen LogP contribution in [0.3, 0.4) is 0 Å². The van der Waals surface area contributed by atoms with Crippen LogP contribution in [0.25, 0.3) is 0 Å². The highest BCUT2D eigenvalue weighted by Crippen LogP contribution is 2.31. The van der Waals surface area contributed by atoms with Crippen molar-refractivity contribution in [2.45, 2.75) is 42.2 Å². The highest BCUT2D eigenvalue weighted by molar-refractivity contribution is 7.89. The summed E-state index contributed by atoms with van der Waals surface area (Å²) in [7, 11) is -3.74. The van der Waals surface area contributed by atoms with Gasteiger partial charge in [-0.25, -0.2) is 17.2 Å². The molecule has 6 nitrogen and oxygen atoms in total. The standard InChI is InChI=1S/C34H34ClF2N3O3S/c35-26-14-12-23(13-15-26)33(25-7-4-8-27(36)20-25)34(38)32(41)21-24-6-5-11-31(37)30(24)17-16-28-22-39-18-19-40(28)44(42,43)29-9-2-1-3-10-29/h1-15,20,28,33-34,39H,16-19,21-22,38H2/t28-,33-,34+/m0/s1. The van der Waals surface area contributed by atoms with E-state index in [9.17, 15) is 17.6 Å². The fourth-order valence-corrected chi connectivity index (χ4v) is 7.66. The third kappa shape index (κ3) is 7.25. The van der Waals surface area contributed by atoms with Crippen molar-refractivity contribution in [2.24, 2.45) is 5.73 Å². The number of Topliss-reactive ketones (excluding diaryl/α,β-unsaturated/α-hetero) is 1. The molecule has 230 valence electrons. The fourth-order valence-electron chi connectivity index (χ4n) is 5.86. The Morgan fingerprint density at radius 3 is 2.41 bits per heavy atom. The SMILES string of the molecule is N[C@H](C(=O)Cc1cccc(F)c1CC[C@H]1CNCCN1S(=O)(=O)c1ccccc1)[C@@H](c1ccc(Cl)cc1)c1cccc(F)c1. The zero-order valence-electron chi connectivity index (χ0n) is 24.0. The van der Waals surface area contributed by atoms with Gasteiger partial charge in [-0.2, -0.15) is 4.31 Å². The van der Waals surface area contributed by atoms with Gasteiger partial charge in [0.05, 0.1) is 10.9 Å². The number of sulfonamides is 1. The number of benzene rings is 4. The molecule has 1 saturated heterocycles. The van der Waals surface area contributed by atoms with Crippen molar-refractivity contribution in [2.75, 3.05) is 19.6 Å². The van der Waals surface area contributed by atoms with E-state index >= 15 is 4.39 Å². The number of halogens is 3. The van der Waals surface area contributed by atoms with Gasteiger partial charge < -0.3 is 11.1 Å².